The van der Waals surface area contributed by atoms with E-state index in [-0.39, 0.29) is 12.6 Å². The number of nitrogens with zero attached hydrogens (tertiary/aromatic N) is 1. The van der Waals surface area contributed by atoms with Gasteiger partial charge in [-0.3, -0.25) is 4.90 Å². The Labute approximate surface area is 122 Å². The van der Waals surface area contributed by atoms with Crippen molar-refractivity contribution < 1.29 is 24.2 Å². The summed E-state index contributed by atoms with van der Waals surface area (Å²) < 4.78 is 9.49. The molecular formula is C14H18N2O5. The lowest BCUT2D eigenvalue weighted by Crippen LogP contribution is -2.29. The SMILES string of the molecule is COC(=O)[C@H](O)CNc1ccc2c(c1)CCOC(=O)N2C. The normalized spacial score (nSPS) is 15.6. The Kier molecular flexibility index (Phi) is 4.64. The Balaban J connectivity index is 2.09. The molecule has 1 aromatic rings. The number of carbonyl (C=O) groups is 2. The lowest BCUT2D eigenvalue weighted by atomic mass is 10.1. The Hall–Kier alpha value is -2.28. The third-order valence-electron chi connectivity index (χ3n) is 3.28. The molecule has 0 radical (unpaired) electrons. The van der Waals surface area contributed by atoms with Crippen molar-refractivity contribution in [2.24, 2.45) is 0 Å². The van der Waals surface area contributed by atoms with E-state index in [1.165, 1.54) is 12.0 Å². The minimum Gasteiger partial charge on any atom is -0.467 e. The van der Waals surface area contributed by atoms with Crippen molar-refractivity contribution in [3.8, 4) is 0 Å². The minimum atomic E-state index is -1.22. The molecule has 2 rings (SSSR count). The third-order valence-corrected chi connectivity index (χ3v) is 3.28. The van der Waals surface area contributed by atoms with Gasteiger partial charge in [0.05, 0.1) is 25.9 Å². The van der Waals surface area contributed by atoms with E-state index in [0.717, 1.165) is 16.9 Å². The monoisotopic (exact) mass is 294 g/mol. The number of anilines is 2. The van der Waals surface area contributed by atoms with E-state index >= 15 is 0 Å². The number of esters is 1. The van der Waals surface area contributed by atoms with Gasteiger partial charge in [0, 0.05) is 19.2 Å². The molecule has 1 aliphatic rings. The van der Waals surface area contributed by atoms with Gasteiger partial charge in [-0.15, -0.1) is 0 Å². The average molecular weight is 294 g/mol. The Morgan fingerprint density at radius 2 is 2.33 bits per heavy atom. The van der Waals surface area contributed by atoms with E-state index in [1.807, 2.05) is 6.07 Å². The van der Waals surface area contributed by atoms with Crippen LogP contribution < -0.4 is 10.2 Å². The van der Waals surface area contributed by atoms with Crippen molar-refractivity contribution >= 4 is 23.4 Å². The number of fused-ring (bicyclic) bond motifs is 1. The Bertz CT molecular complexity index is 546. The second-order valence-corrected chi connectivity index (χ2v) is 4.69. The molecule has 0 spiro atoms. The van der Waals surface area contributed by atoms with Gasteiger partial charge < -0.3 is 19.9 Å². The molecule has 21 heavy (non-hydrogen) atoms. The predicted octanol–water partition coefficient (Wildman–Crippen LogP) is 0.761. The fourth-order valence-electron chi connectivity index (χ4n) is 2.10. The molecular weight excluding hydrogens is 276 g/mol. The van der Waals surface area contributed by atoms with Crippen molar-refractivity contribution in [2.45, 2.75) is 12.5 Å². The summed E-state index contributed by atoms with van der Waals surface area (Å²) in [6, 6.07) is 5.45. The number of nitrogens with one attached hydrogen (secondary N) is 1. The fourth-order valence-corrected chi connectivity index (χ4v) is 2.10. The molecule has 0 aliphatic carbocycles. The van der Waals surface area contributed by atoms with E-state index in [0.29, 0.717) is 13.0 Å². The number of amides is 1. The highest BCUT2D eigenvalue weighted by Crippen LogP contribution is 2.26. The molecule has 114 valence electrons. The molecule has 2 N–H and O–H groups in total. The average Bonchev–Trinajstić information content (AvgIpc) is 2.63. The Morgan fingerprint density at radius 3 is 3.05 bits per heavy atom. The summed E-state index contributed by atoms with van der Waals surface area (Å²) in [6.07, 6.45) is -0.988. The third kappa shape index (κ3) is 3.43. The maximum Gasteiger partial charge on any atom is 0.414 e. The molecule has 1 atom stereocenters. The summed E-state index contributed by atoms with van der Waals surface area (Å²) in [7, 11) is 2.88. The van der Waals surface area contributed by atoms with Crippen LogP contribution >= 0.6 is 0 Å². The van der Waals surface area contributed by atoms with Crippen LogP contribution in [0.2, 0.25) is 0 Å². The van der Waals surface area contributed by atoms with Crippen molar-refractivity contribution in [1.29, 1.82) is 0 Å². The molecule has 7 nitrogen and oxygen atoms in total. The molecule has 0 fully saturated rings. The second kappa shape index (κ2) is 6.45. The van der Waals surface area contributed by atoms with Gasteiger partial charge in [-0.25, -0.2) is 9.59 Å². The van der Waals surface area contributed by atoms with Crippen LogP contribution in [0.15, 0.2) is 18.2 Å². The molecule has 0 saturated heterocycles. The molecule has 0 bridgehead atoms. The van der Waals surface area contributed by atoms with Crippen molar-refractivity contribution in [2.75, 3.05) is 37.5 Å². The number of rotatable bonds is 4. The van der Waals surface area contributed by atoms with Crippen LogP contribution in [0.4, 0.5) is 16.2 Å². The van der Waals surface area contributed by atoms with Crippen LogP contribution in [0.25, 0.3) is 0 Å². The smallest absolute Gasteiger partial charge is 0.414 e. The number of ether oxygens (including phenoxy) is 2. The van der Waals surface area contributed by atoms with Gasteiger partial charge in [0.25, 0.3) is 0 Å². The fraction of sp³-hybridized carbons (Fsp3) is 0.429. The van der Waals surface area contributed by atoms with Crippen molar-refractivity contribution in [1.82, 2.24) is 0 Å². The molecule has 1 aromatic carbocycles. The predicted molar refractivity (Wildman–Crippen MR) is 76.4 cm³/mol. The highest BCUT2D eigenvalue weighted by Gasteiger charge is 2.20. The molecule has 1 aliphatic heterocycles. The maximum atomic E-state index is 11.6. The van der Waals surface area contributed by atoms with Crippen molar-refractivity contribution in [3.05, 3.63) is 23.8 Å². The first-order chi connectivity index (χ1) is 10.0. The minimum absolute atomic E-state index is 0.0523. The summed E-state index contributed by atoms with van der Waals surface area (Å²) in [4.78, 5) is 24.2. The summed E-state index contributed by atoms with van der Waals surface area (Å²) in [5.74, 6) is -0.684. The van der Waals surface area contributed by atoms with Gasteiger partial charge in [-0.05, 0) is 23.8 Å². The summed E-state index contributed by atoms with van der Waals surface area (Å²) in [5.41, 5.74) is 2.50. The van der Waals surface area contributed by atoms with Crippen LogP contribution in [-0.2, 0) is 20.7 Å². The van der Waals surface area contributed by atoms with Gasteiger partial charge in [0.15, 0.2) is 6.10 Å². The molecule has 1 amide bonds. The van der Waals surface area contributed by atoms with E-state index in [9.17, 15) is 14.7 Å². The molecule has 0 aromatic heterocycles. The maximum absolute atomic E-state index is 11.6. The van der Waals surface area contributed by atoms with Gasteiger partial charge >= 0.3 is 12.1 Å². The van der Waals surface area contributed by atoms with Gasteiger partial charge in [-0.2, -0.15) is 0 Å². The molecule has 0 unspecified atom stereocenters. The van der Waals surface area contributed by atoms with Gasteiger partial charge in [0.2, 0.25) is 0 Å². The number of aliphatic hydroxyl groups excluding tert-OH is 1. The standard InChI is InChI=1S/C14H18N2O5/c1-16-11-4-3-10(15-8-12(17)13(18)20-2)7-9(11)5-6-21-14(16)19/h3-4,7,12,15,17H,5-6,8H2,1-2H3/t12-/m1/s1. The Morgan fingerprint density at radius 1 is 1.57 bits per heavy atom. The molecule has 1 heterocycles. The van der Waals surface area contributed by atoms with Gasteiger partial charge in [-0.1, -0.05) is 0 Å². The lowest BCUT2D eigenvalue weighted by Gasteiger charge is -2.17. The highest BCUT2D eigenvalue weighted by molar-refractivity contribution is 5.89. The summed E-state index contributed by atoms with van der Waals surface area (Å²) >= 11 is 0. The number of benzene rings is 1. The number of cyclic esters (lactones) is 1. The first-order valence-electron chi connectivity index (χ1n) is 6.56. The number of aliphatic hydroxyl groups is 1. The quantitative estimate of drug-likeness (QED) is 0.797. The first kappa shape index (κ1) is 15.1. The number of carbonyl (C=O) groups excluding carboxylic acids is 2. The topological polar surface area (TPSA) is 88.1 Å². The van der Waals surface area contributed by atoms with Crippen molar-refractivity contribution in [3.63, 3.8) is 0 Å². The number of hydrogen-bond donors (Lipinski definition) is 2. The molecule has 0 saturated carbocycles. The van der Waals surface area contributed by atoms with E-state index < -0.39 is 12.1 Å². The number of methoxy groups -OCH3 is 1. The van der Waals surface area contributed by atoms with E-state index in [4.69, 9.17) is 4.74 Å². The van der Waals surface area contributed by atoms with Crippen LogP contribution in [-0.4, -0.2) is 50.6 Å². The lowest BCUT2D eigenvalue weighted by molar-refractivity contribution is -0.149. The van der Waals surface area contributed by atoms with Crippen LogP contribution in [0.1, 0.15) is 5.56 Å². The second-order valence-electron chi connectivity index (χ2n) is 4.69. The van der Waals surface area contributed by atoms with Crippen LogP contribution in [0, 0.1) is 0 Å². The summed E-state index contributed by atoms with van der Waals surface area (Å²) in [5, 5.41) is 12.5. The zero-order chi connectivity index (χ0) is 15.4. The first-order valence-corrected chi connectivity index (χ1v) is 6.56. The molecule has 7 heteroatoms. The van der Waals surface area contributed by atoms with Crippen LogP contribution in [0.5, 0.6) is 0 Å². The zero-order valence-corrected chi connectivity index (χ0v) is 12.0. The van der Waals surface area contributed by atoms with E-state index in [2.05, 4.69) is 10.1 Å². The number of hydrogen-bond acceptors (Lipinski definition) is 6. The van der Waals surface area contributed by atoms with Crippen LogP contribution in [0.3, 0.4) is 0 Å². The van der Waals surface area contributed by atoms with Gasteiger partial charge in [0.1, 0.15) is 0 Å². The summed E-state index contributed by atoms with van der Waals surface area (Å²) in [6.45, 7) is 0.376. The highest BCUT2D eigenvalue weighted by atomic mass is 16.6. The van der Waals surface area contributed by atoms with E-state index in [1.54, 1.807) is 19.2 Å². The zero-order valence-electron chi connectivity index (χ0n) is 12.0. The largest absolute Gasteiger partial charge is 0.467 e.